The molecular weight excluding hydrogens is 1030 g/mol. The number of aromatic amines is 1. The van der Waals surface area contributed by atoms with Gasteiger partial charge in [-0.15, -0.1) is 31.7 Å². The predicted molar refractivity (Wildman–Crippen MR) is 313 cm³/mol. The topological polar surface area (TPSA) is 252 Å². The van der Waals surface area contributed by atoms with Crippen LogP contribution in [0.5, 0.6) is 0 Å². The Morgan fingerprint density at radius 3 is 1.30 bits per heavy atom. The maximum absolute atomic E-state index is 10.0. The largest absolute Gasteiger partial charge is 0.445 e. The zero-order chi connectivity index (χ0) is 59.0. The van der Waals surface area contributed by atoms with Crippen LogP contribution in [-0.4, -0.2) is 75.7 Å². The quantitative estimate of drug-likeness (QED) is 0.0476. The number of pyridine rings is 4. The van der Waals surface area contributed by atoms with E-state index in [0.717, 1.165) is 81.6 Å². The summed E-state index contributed by atoms with van der Waals surface area (Å²) in [6.07, 6.45) is 9.62. The van der Waals surface area contributed by atoms with Crippen LogP contribution in [0.15, 0.2) is 94.0 Å². The van der Waals surface area contributed by atoms with Gasteiger partial charge in [-0.05, 0) is 128 Å². The number of aromatic nitrogens is 11. The summed E-state index contributed by atoms with van der Waals surface area (Å²) in [7, 11) is 0. The summed E-state index contributed by atoms with van der Waals surface area (Å²) in [5, 5.41) is 58.5. The second kappa shape index (κ2) is 28.8. The van der Waals surface area contributed by atoms with Crippen LogP contribution in [0.25, 0.3) is 0 Å². The fraction of sp³-hybridized carbons (Fsp3) is 0.516. The van der Waals surface area contributed by atoms with E-state index in [9.17, 15) is 20.4 Å². The Hall–Kier alpha value is -6.44. The van der Waals surface area contributed by atoms with Crippen LogP contribution < -0.4 is 0 Å². The number of hydrogen-bond acceptors (Lipinski definition) is 17. The molecule has 8 aromatic heterocycles. The van der Waals surface area contributed by atoms with Gasteiger partial charge in [0, 0.05) is 73.9 Å². The number of oxazole rings is 1. The van der Waals surface area contributed by atoms with E-state index in [0.29, 0.717) is 83.9 Å². The summed E-state index contributed by atoms with van der Waals surface area (Å²) in [6, 6.07) is 22.7. The second-order valence-electron chi connectivity index (χ2n) is 24.1. The number of hydrogen-bond donors (Lipinski definition) is 5. The first-order valence-corrected chi connectivity index (χ1v) is 28.5. The van der Waals surface area contributed by atoms with Crippen molar-refractivity contribution < 1.29 is 29.3 Å². The molecule has 0 spiro atoms. The first kappa shape index (κ1) is 64.4. The monoisotopic (exact) mass is 1110 g/mol. The van der Waals surface area contributed by atoms with Crippen molar-refractivity contribution in [1.82, 2.24) is 55.3 Å². The third-order valence-electron chi connectivity index (χ3n) is 11.8. The minimum atomic E-state index is -0.951. The van der Waals surface area contributed by atoms with Crippen LogP contribution in [0, 0.1) is 23.7 Å². The minimum Gasteiger partial charge on any atom is -0.445 e. The van der Waals surface area contributed by atoms with E-state index >= 15 is 0 Å². The van der Waals surface area contributed by atoms with Gasteiger partial charge in [0.2, 0.25) is 11.8 Å². The van der Waals surface area contributed by atoms with Crippen molar-refractivity contribution in [2.75, 3.05) is 0 Å². The van der Waals surface area contributed by atoms with E-state index in [1.807, 2.05) is 79.0 Å². The van der Waals surface area contributed by atoms with Gasteiger partial charge in [-0.1, -0.05) is 79.7 Å². The number of H-pyrrole nitrogens is 1. The van der Waals surface area contributed by atoms with Crippen molar-refractivity contribution in [2.24, 2.45) is 23.7 Å². The Kier molecular flexibility index (Phi) is 23.2. The van der Waals surface area contributed by atoms with Gasteiger partial charge in [0.1, 0.15) is 44.0 Å². The predicted octanol–water partition coefficient (Wildman–Crippen LogP) is 11.3. The highest BCUT2D eigenvalue weighted by Crippen LogP contribution is 2.24. The van der Waals surface area contributed by atoms with Crippen molar-refractivity contribution >= 4 is 11.3 Å². The van der Waals surface area contributed by atoms with Gasteiger partial charge in [-0.2, -0.15) is 0 Å². The van der Waals surface area contributed by atoms with Crippen molar-refractivity contribution in [3.05, 3.63) is 176 Å². The van der Waals surface area contributed by atoms with Gasteiger partial charge in [0.05, 0.1) is 41.1 Å². The van der Waals surface area contributed by atoms with Crippen LogP contribution in [-0.2, 0) is 73.8 Å². The summed E-state index contributed by atoms with van der Waals surface area (Å²) in [6.45, 7) is 31.1. The summed E-state index contributed by atoms with van der Waals surface area (Å²) >= 11 is 1.64. The Morgan fingerprint density at radius 1 is 0.425 bits per heavy atom. The lowest BCUT2D eigenvalue weighted by Crippen LogP contribution is -2.18. The highest BCUT2D eigenvalue weighted by atomic mass is 32.1. The van der Waals surface area contributed by atoms with Gasteiger partial charge in [-0.25, -0.2) is 9.97 Å². The molecule has 0 saturated carbocycles. The molecule has 8 aromatic rings. The van der Waals surface area contributed by atoms with Crippen LogP contribution >= 0.6 is 11.3 Å². The molecule has 80 heavy (non-hydrogen) atoms. The number of nitrogens with one attached hydrogen (secondary N) is 1. The SMILES string of the molecule is CC(C)Cc1ncc(Cc2cccc(C(C)(C)O)n2)[nH]1.CC(C)Cc1ncc(Cc2cccc(C(C)(C)O)n2)o1.CC(C)Cc1nnc(Cc2cccc(C(C)(C)O)n2)o1.CC(C)Cc1nnc(Cc2cccc(C(C)(C)O)n2)s1. The zero-order valence-corrected chi connectivity index (χ0v) is 50.9. The first-order chi connectivity index (χ1) is 37.4. The number of aliphatic hydroxyl groups is 4. The van der Waals surface area contributed by atoms with Crippen molar-refractivity contribution in [3.8, 4) is 0 Å². The maximum Gasteiger partial charge on any atom is 0.222 e. The fourth-order valence-corrected chi connectivity index (χ4v) is 8.87. The fourth-order valence-electron chi connectivity index (χ4n) is 7.80. The molecule has 0 fully saturated rings. The lowest BCUT2D eigenvalue weighted by molar-refractivity contribution is 0.0731. The van der Waals surface area contributed by atoms with E-state index in [2.05, 4.69) is 111 Å². The lowest BCUT2D eigenvalue weighted by Gasteiger charge is -2.17. The molecule has 0 radical (unpaired) electrons. The third-order valence-corrected chi connectivity index (χ3v) is 12.7. The van der Waals surface area contributed by atoms with Gasteiger partial charge in [-0.3, -0.25) is 19.9 Å². The molecule has 0 saturated heterocycles. The highest BCUT2D eigenvalue weighted by molar-refractivity contribution is 7.11. The lowest BCUT2D eigenvalue weighted by atomic mass is 10.0. The molecule has 18 heteroatoms. The highest BCUT2D eigenvalue weighted by Gasteiger charge is 2.22. The van der Waals surface area contributed by atoms with Crippen LogP contribution in [0.2, 0.25) is 0 Å². The van der Waals surface area contributed by atoms with Crippen LogP contribution in [0.4, 0.5) is 0 Å². The van der Waals surface area contributed by atoms with E-state index in [4.69, 9.17) is 8.83 Å². The molecule has 5 N–H and O–H groups in total. The molecule has 0 amide bonds. The molecule has 0 unspecified atom stereocenters. The van der Waals surface area contributed by atoms with Crippen molar-refractivity contribution in [1.29, 1.82) is 0 Å². The van der Waals surface area contributed by atoms with Crippen molar-refractivity contribution in [2.45, 2.75) is 185 Å². The average Bonchev–Trinajstić information content (AvgIpc) is 4.18. The molecule has 0 aliphatic rings. The normalized spacial score (nSPS) is 12.1. The smallest absolute Gasteiger partial charge is 0.222 e. The molecule has 0 aliphatic carbocycles. The Morgan fingerprint density at radius 2 is 0.838 bits per heavy atom. The summed E-state index contributed by atoms with van der Waals surface area (Å²) in [4.78, 5) is 29.9. The zero-order valence-electron chi connectivity index (χ0n) is 50.0. The van der Waals surface area contributed by atoms with Gasteiger partial charge in [0.15, 0.2) is 5.89 Å². The molecule has 8 rings (SSSR count). The molecule has 0 bridgehead atoms. The molecule has 0 aliphatic heterocycles. The second-order valence-corrected chi connectivity index (χ2v) is 25.3. The van der Waals surface area contributed by atoms with Gasteiger partial charge in [0.25, 0.3) is 0 Å². The first-order valence-electron chi connectivity index (χ1n) is 27.7. The third kappa shape index (κ3) is 22.6. The van der Waals surface area contributed by atoms with Crippen LogP contribution in [0.3, 0.4) is 0 Å². The van der Waals surface area contributed by atoms with E-state index in [-0.39, 0.29) is 0 Å². The Labute approximate surface area is 477 Å². The summed E-state index contributed by atoms with van der Waals surface area (Å²) in [5.41, 5.74) is 3.55. The van der Waals surface area contributed by atoms with Gasteiger partial charge >= 0.3 is 0 Å². The Bertz CT molecular complexity index is 2700. The maximum atomic E-state index is 10.0. The van der Waals surface area contributed by atoms with Crippen molar-refractivity contribution in [3.63, 3.8) is 0 Å². The molecule has 0 atom stereocenters. The molecule has 432 valence electrons. The number of nitrogens with zero attached hydrogens (tertiary/aromatic N) is 10. The number of imidazole rings is 1. The average molecular weight is 1110 g/mol. The molecule has 17 nitrogen and oxygen atoms in total. The van der Waals surface area contributed by atoms with E-state index in [1.165, 1.54) is 0 Å². The summed E-state index contributed by atoms with van der Waals surface area (Å²) < 4.78 is 11.3. The van der Waals surface area contributed by atoms with Crippen LogP contribution in [0.1, 0.15) is 201 Å². The Balaban J connectivity index is 0.000000196. The summed E-state index contributed by atoms with van der Waals surface area (Å²) in [5.74, 6) is 6.01. The minimum absolute atomic E-state index is 0.481. The van der Waals surface area contributed by atoms with E-state index in [1.54, 1.807) is 72.9 Å². The van der Waals surface area contributed by atoms with E-state index < -0.39 is 22.4 Å². The van der Waals surface area contributed by atoms with Gasteiger partial charge < -0.3 is 34.2 Å². The molecule has 8 heterocycles. The molecular formula is C62H87N11O6S. The standard InChI is InChI=1S/C16H23N3O.C16H22N2O2.C15H21N3O2.C15H21N3OS/c1-11(2)8-15-17-10-13(19-15)9-12-6-5-7-14(18-12)16(3,4)20;1-11(2)8-15-17-10-13(20-15)9-12-6-5-7-14(18-12)16(3,4)19;2*1-10(2)8-13-17-18-14(20-13)9-11-6-5-7-12(16-11)15(3,4)19/h5-7,10-11,20H,8-9H2,1-4H3,(H,17,19);5-7,10-11,19H,8-9H2,1-4H3;2*5-7,10,19H,8-9H2,1-4H3. The number of rotatable bonds is 20. The molecule has 0 aromatic carbocycles.